The predicted molar refractivity (Wildman–Crippen MR) is 102 cm³/mol. The summed E-state index contributed by atoms with van der Waals surface area (Å²) in [4.78, 5) is 30.6. The summed E-state index contributed by atoms with van der Waals surface area (Å²) in [5, 5.41) is 2.34. The second-order valence-corrected chi connectivity index (χ2v) is 7.37. The van der Waals surface area contributed by atoms with E-state index in [9.17, 15) is 14.0 Å². The van der Waals surface area contributed by atoms with Crippen LogP contribution in [0.25, 0.3) is 0 Å². The van der Waals surface area contributed by atoms with E-state index in [1.165, 1.54) is 36.0 Å². The van der Waals surface area contributed by atoms with Crippen LogP contribution >= 0.6 is 11.8 Å². The molecule has 2 atom stereocenters. The first kappa shape index (κ1) is 19.2. The van der Waals surface area contributed by atoms with Crippen molar-refractivity contribution in [2.24, 2.45) is 0 Å². The van der Waals surface area contributed by atoms with Gasteiger partial charge in [-0.2, -0.15) is 0 Å². The average molecular weight is 389 g/mol. The van der Waals surface area contributed by atoms with E-state index in [-0.39, 0.29) is 17.6 Å². The molecule has 6 nitrogen and oxygen atoms in total. The molecule has 0 radical (unpaired) electrons. The van der Waals surface area contributed by atoms with Crippen molar-refractivity contribution in [2.75, 3.05) is 24.8 Å². The number of thioether (sulfide) groups is 1. The number of hydrogen-bond donors (Lipinski definition) is 1. The van der Waals surface area contributed by atoms with E-state index in [1.54, 1.807) is 37.4 Å². The first-order valence-electron chi connectivity index (χ1n) is 8.42. The molecular formula is C19H20FN3O3S. The van der Waals surface area contributed by atoms with Gasteiger partial charge in [0.15, 0.2) is 0 Å². The summed E-state index contributed by atoms with van der Waals surface area (Å²) < 4.78 is 18.8. The first-order valence-corrected chi connectivity index (χ1v) is 9.47. The minimum atomic E-state index is -0.633. The number of methoxy groups -OCH3 is 1. The molecule has 2 amide bonds. The SMILES string of the molecule is COc1ccc(N(C)C(=O)C2CSC(Cc3ccccc3F)C(=O)N2)cn1. The second kappa shape index (κ2) is 8.39. The van der Waals surface area contributed by atoms with Crippen molar-refractivity contribution < 1.29 is 18.7 Å². The number of carbonyl (C=O) groups is 2. The van der Waals surface area contributed by atoms with E-state index in [2.05, 4.69) is 10.3 Å². The number of carbonyl (C=O) groups excluding carboxylic acids is 2. The highest BCUT2D eigenvalue weighted by Crippen LogP contribution is 2.25. The first-order chi connectivity index (χ1) is 13.0. The van der Waals surface area contributed by atoms with Gasteiger partial charge in [-0.15, -0.1) is 11.8 Å². The zero-order valence-corrected chi connectivity index (χ0v) is 15.8. The van der Waals surface area contributed by atoms with E-state index in [1.807, 2.05) is 0 Å². The van der Waals surface area contributed by atoms with Gasteiger partial charge in [0.25, 0.3) is 0 Å². The Balaban J connectivity index is 1.62. The number of amides is 2. The number of ether oxygens (including phenoxy) is 1. The molecule has 1 fully saturated rings. The third-order valence-electron chi connectivity index (χ3n) is 4.38. The van der Waals surface area contributed by atoms with Crippen LogP contribution in [0.15, 0.2) is 42.6 Å². The zero-order valence-electron chi connectivity index (χ0n) is 15.0. The molecule has 3 rings (SSSR count). The highest BCUT2D eigenvalue weighted by molar-refractivity contribution is 8.00. The molecule has 1 N–H and O–H groups in total. The molecule has 0 bridgehead atoms. The summed E-state index contributed by atoms with van der Waals surface area (Å²) in [6, 6.07) is 9.17. The van der Waals surface area contributed by atoms with Gasteiger partial charge in [-0.25, -0.2) is 9.37 Å². The number of anilines is 1. The van der Waals surface area contributed by atoms with E-state index in [0.29, 0.717) is 29.3 Å². The number of nitrogens with one attached hydrogen (secondary N) is 1. The van der Waals surface area contributed by atoms with Gasteiger partial charge in [0.2, 0.25) is 17.7 Å². The number of nitrogens with zero attached hydrogens (tertiary/aromatic N) is 2. The lowest BCUT2D eigenvalue weighted by atomic mass is 10.1. The van der Waals surface area contributed by atoms with Crippen LogP contribution < -0.4 is 15.0 Å². The third kappa shape index (κ3) is 4.39. The van der Waals surface area contributed by atoms with E-state index < -0.39 is 11.3 Å². The Morgan fingerprint density at radius 1 is 1.37 bits per heavy atom. The zero-order chi connectivity index (χ0) is 19.4. The number of aromatic nitrogens is 1. The summed E-state index contributed by atoms with van der Waals surface area (Å²) in [7, 11) is 3.15. The topological polar surface area (TPSA) is 71.5 Å². The van der Waals surface area contributed by atoms with E-state index in [4.69, 9.17) is 4.74 Å². The fourth-order valence-electron chi connectivity index (χ4n) is 2.80. The summed E-state index contributed by atoms with van der Waals surface area (Å²) in [5.74, 6) is 0.0756. The molecule has 2 unspecified atom stereocenters. The minimum Gasteiger partial charge on any atom is -0.481 e. The average Bonchev–Trinajstić information content (AvgIpc) is 2.70. The quantitative estimate of drug-likeness (QED) is 0.847. The fourth-order valence-corrected chi connectivity index (χ4v) is 3.96. The van der Waals surface area contributed by atoms with Gasteiger partial charge in [0.05, 0.1) is 24.2 Å². The summed E-state index contributed by atoms with van der Waals surface area (Å²) in [6.45, 7) is 0. The number of pyridine rings is 1. The molecule has 1 aliphatic rings. The Hall–Kier alpha value is -2.61. The Labute approximate surface area is 161 Å². The molecule has 1 aromatic carbocycles. The normalized spacial score (nSPS) is 19.3. The van der Waals surface area contributed by atoms with Gasteiger partial charge in [-0.05, 0) is 24.1 Å². The molecule has 1 aliphatic heterocycles. The van der Waals surface area contributed by atoms with Gasteiger partial charge >= 0.3 is 0 Å². The fraction of sp³-hybridized carbons (Fsp3) is 0.316. The number of halogens is 1. The van der Waals surface area contributed by atoms with Crippen LogP contribution in [0.4, 0.5) is 10.1 Å². The molecule has 142 valence electrons. The van der Waals surface area contributed by atoms with Crippen molar-refractivity contribution in [3.63, 3.8) is 0 Å². The standard InChI is InChI=1S/C19H20FN3O3S/c1-23(13-7-8-17(26-2)21-10-13)19(25)15-11-27-16(18(24)22-15)9-12-5-3-4-6-14(12)20/h3-8,10,15-16H,9,11H2,1-2H3,(H,22,24). The van der Waals surface area contributed by atoms with Crippen LogP contribution in [0.5, 0.6) is 5.88 Å². The van der Waals surface area contributed by atoms with E-state index >= 15 is 0 Å². The minimum absolute atomic E-state index is 0.229. The molecule has 8 heteroatoms. The van der Waals surface area contributed by atoms with Crippen LogP contribution in [0, 0.1) is 5.82 Å². The van der Waals surface area contributed by atoms with Crippen LogP contribution in [-0.2, 0) is 16.0 Å². The summed E-state index contributed by atoms with van der Waals surface area (Å²) in [5.41, 5.74) is 1.10. The van der Waals surface area contributed by atoms with Gasteiger partial charge in [0.1, 0.15) is 11.9 Å². The van der Waals surface area contributed by atoms with Crippen LogP contribution in [0.2, 0.25) is 0 Å². The third-order valence-corrected chi connectivity index (χ3v) is 5.69. The smallest absolute Gasteiger partial charge is 0.250 e. The maximum absolute atomic E-state index is 13.8. The highest BCUT2D eigenvalue weighted by atomic mass is 32.2. The van der Waals surface area contributed by atoms with Crippen molar-refractivity contribution in [3.05, 3.63) is 54.0 Å². The van der Waals surface area contributed by atoms with Crippen molar-refractivity contribution in [2.45, 2.75) is 17.7 Å². The van der Waals surface area contributed by atoms with Crippen LogP contribution in [-0.4, -0.2) is 48.0 Å². The number of benzene rings is 1. The summed E-state index contributed by atoms with van der Waals surface area (Å²) in [6.07, 6.45) is 1.83. The van der Waals surface area contributed by atoms with Crippen molar-refractivity contribution in [1.82, 2.24) is 10.3 Å². The van der Waals surface area contributed by atoms with Crippen LogP contribution in [0.1, 0.15) is 5.56 Å². The molecule has 0 aliphatic carbocycles. The van der Waals surface area contributed by atoms with Gasteiger partial charge in [0, 0.05) is 18.9 Å². The summed E-state index contributed by atoms with van der Waals surface area (Å²) >= 11 is 1.37. The lowest BCUT2D eigenvalue weighted by Gasteiger charge is -2.30. The molecule has 1 aromatic heterocycles. The predicted octanol–water partition coefficient (Wildman–Crippen LogP) is 2.04. The molecule has 27 heavy (non-hydrogen) atoms. The Morgan fingerprint density at radius 2 is 2.15 bits per heavy atom. The van der Waals surface area contributed by atoms with Gasteiger partial charge in [-0.3, -0.25) is 9.59 Å². The van der Waals surface area contributed by atoms with E-state index in [0.717, 1.165) is 0 Å². The molecular weight excluding hydrogens is 369 g/mol. The highest BCUT2D eigenvalue weighted by Gasteiger charge is 2.34. The monoisotopic (exact) mass is 389 g/mol. The number of hydrogen-bond acceptors (Lipinski definition) is 5. The molecule has 2 heterocycles. The molecule has 1 saturated heterocycles. The number of likely N-dealkylation sites (N-methyl/N-ethyl adjacent to an activating group) is 1. The maximum Gasteiger partial charge on any atom is 0.250 e. The lowest BCUT2D eigenvalue weighted by Crippen LogP contribution is -2.55. The van der Waals surface area contributed by atoms with Crippen molar-refractivity contribution in [3.8, 4) is 5.88 Å². The van der Waals surface area contributed by atoms with Crippen molar-refractivity contribution >= 4 is 29.3 Å². The largest absolute Gasteiger partial charge is 0.481 e. The molecule has 0 saturated carbocycles. The lowest BCUT2D eigenvalue weighted by molar-refractivity contribution is -0.127. The Morgan fingerprint density at radius 3 is 2.78 bits per heavy atom. The molecule has 0 spiro atoms. The second-order valence-electron chi connectivity index (χ2n) is 6.13. The maximum atomic E-state index is 13.8. The van der Waals surface area contributed by atoms with Gasteiger partial charge in [-0.1, -0.05) is 18.2 Å². The Bertz CT molecular complexity index is 831. The van der Waals surface area contributed by atoms with Crippen LogP contribution in [0.3, 0.4) is 0 Å². The van der Waals surface area contributed by atoms with Crippen molar-refractivity contribution in [1.29, 1.82) is 0 Å². The molecule has 2 aromatic rings. The Kier molecular flexibility index (Phi) is 5.95. The number of rotatable bonds is 5. The van der Waals surface area contributed by atoms with Gasteiger partial charge < -0.3 is 15.0 Å².